The molecular weight excluding hydrogens is 268 g/mol. The normalized spacial score (nSPS) is 18.6. The molecule has 1 aromatic carbocycles. The van der Waals surface area contributed by atoms with Gasteiger partial charge in [-0.05, 0) is 37.5 Å². The lowest BCUT2D eigenvalue weighted by atomic mass is 10.0. The Bertz CT molecular complexity index is 677. The largest absolute Gasteiger partial charge is 0.380 e. The van der Waals surface area contributed by atoms with E-state index >= 15 is 0 Å². The van der Waals surface area contributed by atoms with Crippen LogP contribution < -0.4 is 0 Å². The van der Waals surface area contributed by atoms with Gasteiger partial charge in [0.05, 0.1) is 12.5 Å². The number of methoxy groups -OCH3 is 1. The summed E-state index contributed by atoms with van der Waals surface area (Å²) in [4.78, 5) is 14.2. The highest BCUT2D eigenvalue weighted by Crippen LogP contribution is 2.25. The van der Waals surface area contributed by atoms with Crippen molar-refractivity contribution in [3.63, 3.8) is 0 Å². The van der Waals surface area contributed by atoms with Gasteiger partial charge in [-0.25, -0.2) is 0 Å². The molecule has 21 heavy (non-hydrogen) atoms. The van der Waals surface area contributed by atoms with Gasteiger partial charge in [-0.1, -0.05) is 11.2 Å². The van der Waals surface area contributed by atoms with E-state index in [0.717, 1.165) is 40.8 Å². The third kappa shape index (κ3) is 2.65. The minimum atomic E-state index is 0.0877. The van der Waals surface area contributed by atoms with Crippen molar-refractivity contribution in [3.05, 3.63) is 29.0 Å². The van der Waals surface area contributed by atoms with Gasteiger partial charge in [0.1, 0.15) is 5.69 Å². The Labute approximate surface area is 123 Å². The van der Waals surface area contributed by atoms with Gasteiger partial charge in [-0.3, -0.25) is 4.79 Å². The third-order valence-corrected chi connectivity index (χ3v) is 4.14. The average Bonchev–Trinajstić information content (AvgIpc) is 3.05. The molecule has 0 aliphatic carbocycles. The van der Waals surface area contributed by atoms with E-state index in [2.05, 4.69) is 11.2 Å². The monoisotopic (exact) mass is 288 g/mol. The molecule has 1 amide bonds. The number of ether oxygens (including phenoxy) is 1. The molecule has 1 saturated heterocycles. The minimum Gasteiger partial charge on any atom is -0.380 e. The van der Waals surface area contributed by atoms with E-state index in [1.807, 2.05) is 24.8 Å². The average molecular weight is 288 g/mol. The van der Waals surface area contributed by atoms with Gasteiger partial charge in [0.15, 0.2) is 5.58 Å². The van der Waals surface area contributed by atoms with E-state index in [1.54, 1.807) is 7.11 Å². The maximum Gasteiger partial charge on any atom is 0.228 e. The van der Waals surface area contributed by atoms with Crippen LogP contribution in [0.3, 0.4) is 0 Å². The molecule has 5 nitrogen and oxygen atoms in total. The summed E-state index contributed by atoms with van der Waals surface area (Å²) in [7, 11) is 1.69. The van der Waals surface area contributed by atoms with Gasteiger partial charge in [0, 0.05) is 25.6 Å². The second kappa shape index (κ2) is 5.48. The first-order valence-electron chi connectivity index (χ1n) is 7.24. The Balaban J connectivity index is 1.81. The molecule has 2 heterocycles. The molecule has 1 aliphatic heterocycles. The van der Waals surface area contributed by atoms with Gasteiger partial charge in [-0.15, -0.1) is 0 Å². The summed E-state index contributed by atoms with van der Waals surface area (Å²) in [5.74, 6) is 0.0877. The molecule has 1 unspecified atom stereocenters. The highest BCUT2D eigenvalue weighted by Gasteiger charge is 2.27. The van der Waals surface area contributed by atoms with E-state index in [1.165, 1.54) is 0 Å². The molecule has 0 bridgehead atoms. The first kappa shape index (κ1) is 14.1. The Kier molecular flexibility index (Phi) is 3.68. The highest BCUT2D eigenvalue weighted by molar-refractivity contribution is 5.88. The summed E-state index contributed by atoms with van der Waals surface area (Å²) in [6.45, 7) is 5.47. The van der Waals surface area contributed by atoms with Crippen LogP contribution in [-0.2, 0) is 16.0 Å². The molecular formula is C16H20N2O3. The third-order valence-electron chi connectivity index (χ3n) is 4.14. The molecule has 112 valence electrons. The van der Waals surface area contributed by atoms with Crippen LogP contribution in [0.25, 0.3) is 11.0 Å². The molecule has 0 spiro atoms. The minimum absolute atomic E-state index is 0.0877. The lowest BCUT2D eigenvalue weighted by Crippen LogP contribution is -2.31. The highest BCUT2D eigenvalue weighted by atomic mass is 16.5. The Morgan fingerprint density at radius 2 is 2.29 bits per heavy atom. The number of rotatable bonds is 3. The zero-order valence-electron chi connectivity index (χ0n) is 12.7. The fraction of sp³-hybridized carbons (Fsp3) is 0.500. The number of aromatic nitrogens is 1. The van der Waals surface area contributed by atoms with Crippen LogP contribution in [0.2, 0.25) is 0 Å². The lowest BCUT2D eigenvalue weighted by molar-refractivity contribution is -0.129. The quantitative estimate of drug-likeness (QED) is 0.869. The second-order valence-corrected chi connectivity index (χ2v) is 5.75. The Morgan fingerprint density at radius 1 is 1.48 bits per heavy atom. The van der Waals surface area contributed by atoms with Crippen molar-refractivity contribution < 1.29 is 14.1 Å². The van der Waals surface area contributed by atoms with Crippen molar-refractivity contribution in [3.8, 4) is 0 Å². The molecule has 1 aromatic heterocycles. The molecule has 1 aliphatic rings. The van der Waals surface area contributed by atoms with Crippen molar-refractivity contribution in [1.29, 1.82) is 0 Å². The first-order chi connectivity index (χ1) is 10.1. The fourth-order valence-electron chi connectivity index (χ4n) is 3.04. The van der Waals surface area contributed by atoms with Crippen LogP contribution in [0.15, 0.2) is 16.7 Å². The number of aryl methyl sites for hydroxylation is 2. The summed E-state index contributed by atoms with van der Waals surface area (Å²) in [5.41, 5.74) is 3.72. The van der Waals surface area contributed by atoms with Gasteiger partial charge in [-0.2, -0.15) is 0 Å². The summed E-state index contributed by atoms with van der Waals surface area (Å²) in [6.07, 6.45) is 1.35. The molecule has 3 rings (SSSR count). The molecule has 5 heteroatoms. The SMILES string of the molecule is COC1CCN(C(=O)Cc2noc3cc(C)cc(C)c23)C1. The number of carbonyl (C=O) groups excluding carboxylic acids is 1. The number of benzene rings is 1. The van der Waals surface area contributed by atoms with E-state index in [0.29, 0.717) is 6.54 Å². The number of amides is 1. The Hall–Kier alpha value is -1.88. The lowest BCUT2D eigenvalue weighted by Gasteiger charge is -2.15. The van der Waals surface area contributed by atoms with Crippen LogP contribution >= 0.6 is 0 Å². The topological polar surface area (TPSA) is 55.6 Å². The van der Waals surface area contributed by atoms with Crippen LogP contribution in [0.4, 0.5) is 0 Å². The number of nitrogens with zero attached hydrogens (tertiary/aromatic N) is 2. The van der Waals surface area contributed by atoms with Crippen LogP contribution in [0, 0.1) is 13.8 Å². The van der Waals surface area contributed by atoms with Gasteiger partial charge in [0.25, 0.3) is 0 Å². The zero-order chi connectivity index (χ0) is 15.0. The molecule has 0 radical (unpaired) electrons. The predicted octanol–water partition coefficient (Wildman–Crippen LogP) is 2.23. The Morgan fingerprint density at radius 3 is 3.00 bits per heavy atom. The smallest absolute Gasteiger partial charge is 0.228 e. The van der Waals surface area contributed by atoms with Gasteiger partial charge in [0.2, 0.25) is 5.91 Å². The number of carbonyl (C=O) groups is 1. The van der Waals surface area contributed by atoms with Crippen LogP contribution in [-0.4, -0.2) is 42.3 Å². The van der Waals surface area contributed by atoms with Crippen LogP contribution in [0.1, 0.15) is 23.2 Å². The maximum absolute atomic E-state index is 12.4. The van der Waals surface area contributed by atoms with Crippen molar-refractivity contribution in [1.82, 2.24) is 10.1 Å². The maximum atomic E-state index is 12.4. The molecule has 0 saturated carbocycles. The van der Waals surface area contributed by atoms with Crippen molar-refractivity contribution in [2.45, 2.75) is 32.8 Å². The number of hydrogen-bond acceptors (Lipinski definition) is 4. The second-order valence-electron chi connectivity index (χ2n) is 5.75. The standard InChI is InChI=1S/C16H20N2O3/c1-10-6-11(2)16-13(17-21-14(16)7-10)8-15(19)18-5-4-12(9-18)20-3/h6-7,12H,4-5,8-9H2,1-3H3. The molecule has 1 atom stereocenters. The number of likely N-dealkylation sites (tertiary alicyclic amines) is 1. The molecule has 2 aromatic rings. The van der Waals surface area contributed by atoms with Crippen molar-refractivity contribution in [2.75, 3.05) is 20.2 Å². The molecule has 1 fully saturated rings. The van der Waals surface area contributed by atoms with Crippen molar-refractivity contribution >= 4 is 16.9 Å². The summed E-state index contributed by atoms with van der Waals surface area (Å²) in [5, 5.41) is 5.06. The summed E-state index contributed by atoms with van der Waals surface area (Å²) < 4.78 is 10.7. The first-order valence-corrected chi connectivity index (χ1v) is 7.24. The van der Waals surface area contributed by atoms with Gasteiger partial charge < -0.3 is 14.2 Å². The summed E-state index contributed by atoms with van der Waals surface area (Å²) >= 11 is 0. The number of hydrogen-bond donors (Lipinski definition) is 0. The fourth-order valence-corrected chi connectivity index (χ4v) is 3.04. The van der Waals surface area contributed by atoms with E-state index < -0.39 is 0 Å². The van der Waals surface area contributed by atoms with Crippen LogP contribution in [0.5, 0.6) is 0 Å². The number of fused-ring (bicyclic) bond motifs is 1. The van der Waals surface area contributed by atoms with E-state index in [-0.39, 0.29) is 18.4 Å². The van der Waals surface area contributed by atoms with E-state index in [4.69, 9.17) is 9.26 Å². The predicted molar refractivity (Wildman–Crippen MR) is 79.2 cm³/mol. The van der Waals surface area contributed by atoms with Gasteiger partial charge >= 0.3 is 0 Å². The van der Waals surface area contributed by atoms with E-state index in [9.17, 15) is 4.79 Å². The molecule has 0 N–H and O–H groups in total. The zero-order valence-corrected chi connectivity index (χ0v) is 12.7. The van der Waals surface area contributed by atoms with Crippen molar-refractivity contribution in [2.24, 2.45) is 0 Å². The summed E-state index contributed by atoms with van der Waals surface area (Å²) in [6, 6.07) is 4.05.